The van der Waals surface area contributed by atoms with E-state index in [4.69, 9.17) is 0 Å². The summed E-state index contributed by atoms with van der Waals surface area (Å²) in [5.74, 6) is 0.0422. The third-order valence-electron chi connectivity index (χ3n) is 4.55. The fourth-order valence-electron chi connectivity index (χ4n) is 3.36. The van der Waals surface area contributed by atoms with E-state index < -0.39 is 0 Å². The van der Waals surface area contributed by atoms with Gasteiger partial charge in [-0.3, -0.25) is 4.79 Å². The van der Waals surface area contributed by atoms with E-state index in [0.717, 1.165) is 29.6 Å². The third kappa shape index (κ3) is 1.86. The van der Waals surface area contributed by atoms with Crippen LogP contribution >= 0.6 is 0 Å². The van der Waals surface area contributed by atoms with E-state index in [2.05, 4.69) is 48.0 Å². The van der Waals surface area contributed by atoms with Crippen LogP contribution in [-0.4, -0.2) is 21.1 Å². The first-order valence-corrected chi connectivity index (χ1v) is 7.97. The minimum atomic E-state index is 0.0422. The highest BCUT2D eigenvalue weighted by Gasteiger charge is 2.26. The molecular weight excluding hydrogens is 274 g/mol. The summed E-state index contributed by atoms with van der Waals surface area (Å²) in [6.07, 6.45) is 2.22. The van der Waals surface area contributed by atoms with Crippen LogP contribution in [0.25, 0.3) is 21.9 Å². The zero-order valence-electron chi connectivity index (χ0n) is 13.3. The normalized spacial score (nSPS) is 15.1. The van der Waals surface area contributed by atoms with Gasteiger partial charge in [0.05, 0.1) is 16.6 Å². The number of benzene rings is 1. The molecule has 4 nitrogen and oxygen atoms in total. The predicted octanol–water partition coefficient (Wildman–Crippen LogP) is 3.61. The van der Waals surface area contributed by atoms with Gasteiger partial charge in [0, 0.05) is 24.5 Å². The van der Waals surface area contributed by atoms with Crippen molar-refractivity contribution in [2.45, 2.75) is 38.8 Å². The van der Waals surface area contributed by atoms with Crippen LogP contribution in [-0.2, 0) is 7.05 Å². The minimum absolute atomic E-state index is 0.0422. The molecule has 2 aromatic heterocycles. The second-order valence-corrected chi connectivity index (χ2v) is 6.55. The van der Waals surface area contributed by atoms with Gasteiger partial charge in [-0.05, 0) is 38.8 Å². The summed E-state index contributed by atoms with van der Waals surface area (Å²) in [6, 6.07) is 11.2. The molecule has 2 heterocycles. The number of para-hydroxylation sites is 1. The van der Waals surface area contributed by atoms with Gasteiger partial charge in [0.1, 0.15) is 5.69 Å². The van der Waals surface area contributed by atoms with E-state index in [0.29, 0.717) is 12.1 Å². The molecule has 1 amide bonds. The Labute approximate surface area is 129 Å². The van der Waals surface area contributed by atoms with E-state index in [1.807, 2.05) is 17.7 Å². The highest BCUT2D eigenvalue weighted by molar-refractivity contribution is 6.10. The van der Waals surface area contributed by atoms with Crippen LogP contribution in [0.1, 0.15) is 43.2 Å². The van der Waals surface area contributed by atoms with Crippen molar-refractivity contribution >= 4 is 27.8 Å². The largest absolute Gasteiger partial charge is 0.348 e. The predicted molar refractivity (Wildman–Crippen MR) is 89.3 cm³/mol. The van der Waals surface area contributed by atoms with Gasteiger partial charge in [-0.1, -0.05) is 18.2 Å². The van der Waals surface area contributed by atoms with Crippen molar-refractivity contribution < 1.29 is 4.79 Å². The summed E-state index contributed by atoms with van der Waals surface area (Å²) < 4.78 is 4.35. The lowest BCUT2D eigenvalue weighted by Gasteiger charge is -2.10. The summed E-state index contributed by atoms with van der Waals surface area (Å²) in [7, 11) is 1.99. The first-order chi connectivity index (χ1) is 10.6. The van der Waals surface area contributed by atoms with Crippen LogP contribution in [0.3, 0.4) is 0 Å². The molecule has 0 saturated heterocycles. The Morgan fingerprint density at radius 1 is 1.23 bits per heavy atom. The molecule has 0 atom stereocenters. The van der Waals surface area contributed by atoms with Crippen LogP contribution in [0, 0.1) is 0 Å². The molecule has 3 aromatic rings. The number of fused-ring (bicyclic) bond motifs is 3. The van der Waals surface area contributed by atoms with Gasteiger partial charge in [-0.2, -0.15) is 0 Å². The molecule has 114 valence electrons. The molecule has 1 N–H and O–H groups in total. The number of aryl methyl sites for hydroxylation is 1. The first kappa shape index (κ1) is 13.4. The summed E-state index contributed by atoms with van der Waals surface area (Å²) >= 11 is 0. The average Bonchev–Trinajstić information content (AvgIpc) is 3.13. The van der Waals surface area contributed by atoms with Crippen LogP contribution < -0.4 is 5.32 Å². The average molecular weight is 295 g/mol. The monoisotopic (exact) mass is 295 g/mol. The van der Waals surface area contributed by atoms with Crippen molar-refractivity contribution in [1.29, 1.82) is 0 Å². The molecule has 4 rings (SSSR count). The van der Waals surface area contributed by atoms with Crippen molar-refractivity contribution in [3.8, 4) is 0 Å². The van der Waals surface area contributed by atoms with Gasteiger partial charge in [0.2, 0.25) is 0 Å². The van der Waals surface area contributed by atoms with E-state index in [-0.39, 0.29) is 5.91 Å². The maximum Gasteiger partial charge on any atom is 0.268 e. The Bertz CT molecular complexity index is 881. The lowest BCUT2D eigenvalue weighted by molar-refractivity contribution is 0.0943. The van der Waals surface area contributed by atoms with Crippen molar-refractivity contribution in [2.24, 2.45) is 7.05 Å². The molecule has 1 aliphatic carbocycles. The van der Waals surface area contributed by atoms with Gasteiger partial charge in [-0.15, -0.1) is 0 Å². The molecule has 1 fully saturated rings. The van der Waals surface area contributed by atoms with Gasteiger partial charge in [-0.25, -0.2) is 0 Å². The summed E-state index contributed by atoms with van der Waals surface area (Å²) in [5.41, 5.74) is 4.26. The summed E-state index contributed by atoms with van der Waals surface area (Å²) in [5, 5.41) is 4.30. The van der Waals surface area contributed by atoms with Gasteiger partial charge in [0.15, 0.2) is 0 Å². The standard InChI is InChI=1S/C18H21N3O/c1-11(2)21-14-7-5-4-6-13(14)17-15(21)10-16(20(17)3)18(22)19-12-8-9-12/h4-7,10-12H,8-9H2,1-3H3,(H,19,22). The minimum Gasteiger partial charge on any atom is -0.348 e. The second kappa shape index (κ2) is 4.63. The Balaban J connectivity index is 1.97. The number of hydrogen-bond acceptors (Lipinski definition) is 1. The third-order valence-corrected chi connectivity index (χ3v) is 4.55. The highest BCUT2D eigenvalue weighted by atomic mass is 16.2. The van der Waals surface area contributed by atoms with Crippen LogP contribution in [0.2, 0.25) is 0 Å². The second-order valence-electron chi connectivity index (χ2n) is 6.55. The SMILES string of the molecule is CC(C)n1c2ccccc2c2c1cc(C(=O)NC1CC1)n2C. The van der Waals surface area contributed by atoms with E-state index >= 15 is 0 Å². The summed E-state index contributed by atoms with van der Waals surface area (Å²) in [4.78, 5) is 12.5. The van der Waals surface area contributed by atoms with E-state index in [1.54, 1.807) is 0 Å². The Morgan fingerprint density at radius 2 is 1.95 bits per heavy atom. The fraction of sp³-hybridized carbons (Fsp3) is 0.389. The van der Waals surface area contributed by atoms with Crippen molar-refractivity contribution in [2.75, 3.05) is 0 Å². The Hall–Kier alpha value is -2.23. The topological polar surface area (TPSA) is 39.0 Å². The van der Waals surface area contributed by atoms with Crippen molar-refractivity contribution in [1.82, 2.24) is 14.5 Å². The van der Waals surface area contributed by atoms with Crippen LogP contribution in [0.15, 0.2) is 30.3 Å². The number of carbonyl (C=O) groups is 1. The first-order valence-electron chi connectivity index (χ1n) is 7.97. The summed E-state index contributed by atoms with van der Waals surface area (Å²) in [6.45, 7) is 4.37. The number of nitrogens with one attached hydrogen (secondary N) is 1. The number of carbonyl (C=O) groups excluding carboxylic acids is 1. The lowest BCUT2D eigenvalue weighted by atomic mass is 10.2. The molecule has 4 heteroatoms. The number of aromatic nitrogens is 2. The quantitative estimate of drug-likeness (QED) is 0.787. The van der Waals surface area contributed by atoms with Gasteiger partial charge < -0.3 is 14.5 Å². The Kier molecular flexibility index (Phi) is 2.83. The molecule has 1 saturated carbocycles. The zero-order valence-corrected chi connectivity index (χ0v) is 13.3. The van der Waals surface area contributed by atoms with Crippen LogP contribution in [0.5, 0.6) is 0 Å². The molecular formula is C18H21N3O. The van der Waals surface area contributed by atoms with Gasteiger partial charge in [0.25, 0.3) is 5.91 Å². The number of amides is 1. The molecule has 0 aliphatic heterocycles. The fourth-order valence-corrected chi connectivity index (χ4v) is 3.36. The van der Waals surface area contributed by atoms with Crippen LogP contribution in [0.4, 0.5) is 0 Å². The number of hydrogen-bond donors (Lipinski definition) is 1. The lowest BCUT2D eigenvalue weighted by Crippen LogP contribution is -2.27. The van der Waals surface area contributed by atoms with E-state index in [9.17, 15) is 4.79 Å². The number of rotatable bonds is 3. The molecule has 0 bridgehead atoms. The highest BCUT2D eigenvalue weighted by Crippen LogP contribution is 2.33. The van der Waals surface area contributed by atoms with Gasteiger partial charge >= 0.3 is 0 Å². The molecule has 1 aliphatic rings. The molecule has 22 heavy (non-hydrogen) atoms. The molecule has 1 aromatic carbocycles. The maximum absolute atomic E-state index is 12.5. The van der Waals surface area contributed by atoms with Crippen molar-refractivity contribution in [3.05, 3.63) is 36.0 Å². The number of nitrogens with zero attached hydrogens (tertiary/aromatic N) is 2. The molecule has 0 spiro atoms. The van der Waals surface area contributed by atoms with E-state index in [1.165, 1.54) is 10.9 Å². The molecule has 0 unspecified atom stereocenters. The smallest absolute Gasteiger partial charge is 0.268 e. The zero-order chi connectivity index (χ0) is 15.4. The Morgan fingerprint density at radius 3 is 2.64 bits per heavy atom. The maximum atomic E-state index is 12.5. The molecule has 0 radical (unpaired) electrons. The van der Waals surface area contributed by atoms with Crippen molar-refractivity contribution in [3.63, 3.8) is 0 Å².